The fourth-order valence-electron chi connectivity index (χ4n) is 2.29. The summed E-state index contributed by atoms with van der Waals surface area (Å²) < 4.78 is 0. The Morgan fingerprint density at radius 2 is 2.11 bits per heavy atom. The Hall–Kier alpha value is -1.20. The molecule has 1 aromatic rings. The van der Waals surface area contributed by atoms with Gasteiger partial charge in [-0.05, 0) is 30.9 Å². The number of halogens is 1. The van der Waals surface area contributed by atoms with Crippen LogP contribution in [0.2, 0.25) is 5.02 Å². The van der Waals surface area contributed by atoms with Crippen LogP contribution in [-0.4, -0.2) is 40.4 Å². The Morgan fingerprint density at radius 1 is 1.33 bits per heavy atom. The molecule has 0 saturated carbocycles. The van der Waals surface area contributed by atoms with E-state index < -0.39 is 0 Å². The first-order valence-electron chi connectivity index (χ1n) is 5.77. The van der Waals surface area contributed by atoms with Crippen molar-refractivity contribution in [3.05, 3.63) is 28.8 Å². The minimum absolute atomic E-state index is 0.484. The minimum Gasteiger partial charge on any atom is -0.283 e. The molecule has 18 heavy (non-hydrogen) atoms. The first-order chi connectivity index (χ1) is 8.70. The van der Waals surface area contributed by atoms with E-state index in [9.17, 15) is 0 Å². The summed E-state index contributed by atoms with van der Waals surface area (Å²) in [7, 11) is 0. The van der Waals surface area contributed by atoms with Crippen LogP contribution < -0.4 is 0 Å². The normalized spacial score (nSPS) is 18.3. The van der Waals surface area contributed by atoms with Crippen molar-refractivity contribution in [1.29, 1.82) is 5.41 Å². The second-order valence-corrected chi connectivity index (χ2v) is 5.42. The fraction of sp³-hybridized carbons (Fsp3) is 0.333. The maximum absolute atomic E-state index is 8.34. The van der Waals surface area contributed by atoms with E-state index in [1.165, 1.54) is 0 Å². The predicted molar refractivity (Wildman–Crippen MR) is 76.9 cm³/mol. The molecule has 3 rings (SSSR count). The number of aliphatic imine (C=N–C) groups is 1. The maximum Gasteiger partial charge on any atom is 0.183 e. The molecule has 6 heteroatoms. The summed E-state index contributed by atoms with van der Waals surface area (Å²) in [6, 6.07) is 5.52. The lowest BCUT2D eigenvalue weighted by atomic mass is 10.1. The van der Waals surface area contributed by atoms with Crippen molar-refractivity contribution in [2.75, 3.05) is 19.3 Å². The molecule has 1 N–H and O–H groups in total. The first kappa shape index (κ1) is 11.9. The van der Waals surface area contributed by atoms with Crippen LogP contribution in [0.3, 0.4) is 0 Å². The first-order valence-corrected chi connectivity index (χ1v) is 7.37. The van der Waals surface area contributed by atoms with Gasteiger partial charge in [0.15, 0.2) is 5.17 Å². The summed E-state index contributed by atoms with van der Waals surface area (Å²) in [5.74, 6) is 0.484. The summed E-state index contributed by atoms with van der Waals surface area (Å²) in [6.45, 7) is 1.79. The van der Waals surface area contributed by atoms with Crippen LogP contribution in [0.4, 0.5) is 5.69 Å². The molecule has 0 spiro atoms. The average Bonchev–Trinajstić information content (AvgIpc) is 2.81. The zero-order valence-corrected chi connectivity index (χ0v) is 11.6. The standard InChI is InChI=1S/C12H13ClN4S/c1-18-12-15-10-4-3-8(13)7-9(10)11(14)16-5-2-6-17(12)16/h3-4,7,14H,2,5-6H2,1H3. The number of benzene rings is 1. The number of nitrogens with one attached hydrogen (secondary N) is 1. The maximum atomic E-state index is 8.34. The van der Waals surface area contributed by atoms with E-state index in [1.54, 1.807) is 11.8 Å². The number of nitrogens with zero attached hydrogens (tertiary/aromatic N) is 3. The fourth-order valence-corrected chi connectivity index (χ4v) is 3.05. The topological polar surface area (TPSA) is 42.7 Å². The van der Waals surface area contributed by atoms with Crippen LogP contribution in [-0.2, 0) is 0 Å². The third kappa shape index (κ3) is 1.78. The predicted octanol–water partition coefficient (Wildman–Crippen LogP) is 2.95. The van der Waals surface area contributed by atoms with E-state index in [0.717, 1.165) is 35.9 Å². The molecule has 2 aliphatic rings. The summed E-state index contributed by atoms with van der Waals surface area (Å²) >= 11 is 7.64. The van der Waals surface area contributed by atoms with Gasteiger partial charge in [-0.15, -0.1) is 0 Å². The van der Waals surface area contributed by atoms with Crippen LogP contribution in [0.1, 0.15) is 12.0 Å². The van der Waals surface area contributed by atoms with Gasteiger partial charge in [-0.25, -0.2) is 4.99 Å². The second-order valence-electron chi connectivity index (χ2n) is 4.21. The molecule has 4 nitrogen and oxygen atoms in total. The zero-order valence-electron chi connectivity index (χ0n) is 9.98. The van der Waals surface area contributed by atoms with Gasteiger partial charge in [0.2, 0.25) is 0 Å². The SMILES string of the molecule is CSC1=Nc2ccc(Cl)cc2C(=N)N2CCCN12. The van der Waals surface area contributed by atoms with Crippen molar-refractivity contribution in [2.45, 2.75) is 6.42 Å². The highest BCUT2D eigenvalue weighted by atomic mass is 35.5. The summed E-state index contributed by atoms with van der Waals surface area (Å²) in [5, 5.41) is 14.0. The van der Waals surface area contributed by atoms with Gasteiger partial charge >= 0.3 is 0 Å². The molecule has 0 atom stereocenters. The molecule has 1 fully saturated rings. The molecule has 0 aromatic heterocycles. The summed E-state index contributed by atoms with van der Waals surface area (Å²) in [5.41, 5.74) is 1.63. The van der Waals surface area contributed by atoms with E-state index >= 15 is 0 Å². The number of rotatable bonds is 0. The van der Waals surface area contributed by atoms with Crippen molar-refractivity contribution in [3.63, 3.8) is 0 Å². The van der Waals surface area contributed by atoms with Crippen LogP contribution in [0.5, 0.6) is 0 Å². The summed E-state index contributed by atoms with van der Waals surface area (Å²) in [6.07, 6.45) is 3.07. The van der Waals surface area contributed by atoms with Crippen molar-refractivity contribution < 1.29 is 0 Å². The largest absolute Gasteiger partial charge is 0.283 e. The van der Waals surface area contributed by atoms with Gasteiger partial charge in [0.25, 0.3) is 0 Å². The molecule has 1 aromatic carbocycles. The highest BCUT2D eigenvalue weighted by molar-refractivity contribution is 8.13. The highest BCUT2D eigenvalue weighted by Gasteiger charge is 2.31. The minimum atomic E-state index is 0.484. The van der Waals surface area contributed by atoms with Crippen LogP contribution in [0, 0.1) is 5.41 Å². The highest BCUT2D eigenvalue weighted by Crippen LogP contribution is 2.32. The third-order valence-corrected chi connectivity index (χ3v) is 4.02. The van der Waals surface area contributed by atoms with Gasteiger partial charge in [-0.3, -0.25) is 15.4 Å². The molecule has 0 amide bonds. The van der Waals surface area contributed by atoms with Crippen molar-refractivity contribution in [2.24, 2.45) is 4.99 Å². The monoisotopic (exact) mass is 280 g/mol. The molecule has 94 valence electrons. The Kier molecular flexibility index (Phi) is 2.95. The van der Waals surface area contributed by atoms with Crippen molar-refractivity contribution in [1.82, 2.24) is 10.0 Å². The van der Waals surface area contributed by atoms with Gasteiger partial charge in [0.1, 0.15) is 5.84 Å². The van der Waals surface area contributed by atoms with Gasteiger partial charge in [-0.2, -0.15) is 0 Å². The number of thioether (sulfide) groups is 1. The van der Waals surface area contributed by atoms with E-state index in [0.29, 0.717) is 10.9 Å². The van der Waals surface area contributed by atoms with Gasteiger partial charge in [-0.1, -0.05) is 23.4 Å². The van der Waals surface area contributed by atoms with Crippen LogP contribution in [0.15, 0.2) is 23.2 Å². The van der Waals surface area contributed by atoms with Gasteiger partial charge < -0.3 is 0 Å². The van der Waals surface area contributed by atoms with E-state index in [2.05, 4.69) is 10.0 Å². The lowest BCUT2D eigenvalue weighted by molar-refractivity contribution is 0.213. The average molecular weight is 281 g/mol. The number of hydrogen-bond donors (Lipinski definition) is 1. The molecule has 0 unspecified atom stereocenters. The van der Waals surface area contributed by atoms with Gasteiger partial charge in [0, 0.05) is 23.7 Å². The Labute approximate surface area is 115 Å². The van der Waals surface area contributed by atoms with Crippen LogP contribution >= 0.6 is 23.4 Å². The second kappa shape index (κ2) is 4.48. The Morgan fingerprint density at radius 3 is 2.89 bits per heavy atom. The lowest BCUT2D eigenvalue weighted by Crippen LogP contribution is -2.42. The molecule has 0 radical (unpaired) electrons. The van der Waals surface area contributed by atoms with E-state index in [4.69, 9.17) is 17.0 Å². The molecule has 2 aliphatic heterocycles. The lowest BCUT2D eigenvalue weighted by Gasteiger charge is -2.29. The molecule has 0 aliphatic carbocycles. The van der Waals surface area contributed by atoms with Crippen LogP contribution in [0.25, 0.3) is 0 Å². The summed E-state index contributed by atoms with van der Waals surface area (Å²) in [4.78, 5) is 4.66. The van der Waals surface area contributed by atoms with Crippen molar-refractivity contribution >= 4 is 40.1 Å². The smallest absolute Gasteiger partial charge is 0.183 e. The zero-order chi connectivity index (χ0) is 12.7. The molecule has 2 heterocycles. The number of fused-ring (bicyclic) bond motifs is 2. The third-order valence-electron chi connectivity index (χ3n) is 3.12. The molecular weight excluding hydrogens is 268 g/mol. The molecular formula is C12H13ClN4S. The van der Waals surface area contributed by atoms with E-state index in [-0.39, 0.29) is 0 Å². The number of hydrogen-bond acceptors (Lipinski definition) is 4. The van der Waals surface area contributed by atoms with Gasteiger partial charge in [0.05, 0.1) is 5.69 Å². The quantitative estimate of drug-likeness (QED) is 0.794. The van der Waals surface area contributed by atoms with Crippen molar-refractivity contribution in [3.8, 4) is 0 Å². The number of hydrazine groups is 1. The van der Waals surface area contributed by atoms with E-state index in [1.807, 2.05) is 29.5 Å². The number of amidine groups is 2. The molecule has 1 saturated heterocycles. The Bertz CT molecular complexity index is 543. The molecule has 0 bridgehead atoms. The Balaban J connectivity index is 2.16.